The quantitative estimate of drug-likeness (QED) is 0.229. The van der Waals surface area contributed by atoms with E-state index in [-0.39, 0.29) is 22.8 Å². The molecular weight excluding hydrogens is 490 g/mol. The van der Waals surface area contributed by atoms with Crippen molar-refractivity contribution in [2.45, 2.75) is 20.4 Å². The Balaban J connectivity index is 1.46. The van der Waals surface area contributed by atoms with E-state index in [0.717, 1.165) is 23.5 Å². The lowest BCUT2D eigenvalue weighted by Gasteiger charge is -2.11. The average molecular weight is 514 g/mol. The van der Waals surface area contributed by atoms with Gasteiger partial charge in [0.15, 0.2) is 22.8 Å². The third-order valence-corrected chi connectivity index (χ3v) is 5.93. The lowest BCUT2D eigenvalue weighted by molar-refractivity contribution is -0.384. The van der Waals surface area contributed by atoms with Crippen molar-refractivity contribution in [1.29, 1.82) is 0 Å². The second-order valence-corrected chi connectivity index (χ2v) is 8.27. The van der Waals surface area contributed by atoms with Crippen molar-refractivity contribution in [2.24, 2.45) is 0 Å². The van der Waals surface area contributed by atoms with Crippen LogP contribution < -0.4 is 14.8 Å². The van der Waals surface area contributed by atoms with Gasteiger partial charge in [0.1, 0.15) is 5.75 Å². The second-order valence-electron chi connectivity index (χ2n) is 8.27. The lowest BCUT2D eigenvalue weighted by Crippen LogP contribution is -2.13. The number of aromatic nitrogens is 5. The standard InChI is InChI=1S/C26H23N7O5/c1-4-31-16(2)20(15-28-31)22-9-10-27-25-14-21(30-32(22)25)26(34)29-17-11-18(33(35)36)13-19(12-17)38-24-8-6-5-7-23(24)37-3/h5-15H,4H2,1-3H3,(H,29,34). The molecule has 0 unspecified atom stereocenters. The molecule has 0 radical (unpaired) electrons. The molecule has 0 aliphatic heterocycles. The minimum Gasteiger partial charge on any atom is -0.493 e. The number of anilines is 1. The maximum Gasteiger partial charge on any atom is 0.276 e. The van der Waals surface area contributed by atoms with E-state index in [1.54, 1.807) is 53.3 Å². The molecule has 3 heterocycles. The van der Waals surface area contributed by atoms with Crippen LogP contribution in [0, 0.1) is 17.0 Å². The van der Waals surface area contributed by atoms with E-state index in [0.29, 0.717) is 17.1 Å². The zero-order valence-electron chi connectivity index (χ0n) is 20.8. The minimum atomic E-state index is -0.565. The Bertz CT molecular complexity index is 1670. The van der Waals surface area contributed by atoms with Gasteiger partial charge in [-0.15, -0.1) is 0 Å². The van der Waals surface area contributed by atoms with Crippen LogP contribution in [0.1, 0.15) is 23.1 Å². The summed E-state index contributed by atoms with van der Waals surface area (Å²) in [7, 11) is 1.49. The van der Waals surface area contributed by atoms with Gasteiger partial charge in [-0.2, -0.15) is 10.2 Å². The summed E-state index contributed by atoms with van der Waals surface area (Å²) >= 11 is 0. The van der Waals surface area contributed by atoms with Crippen molar-refractivity contribution in [2.75, 3.05) is 12.4 Å². The van der Waals surface area contributed by atoms with Crippen LogP contribution in [0.5, 0.6) is 17.2 Å². The molecule has 38 heavy (non-hydrogen) atoms. The molecule has 12 nitrogen and oxygen atoms in total. The highest BCUT2D eigenvalue weighted by molar-refractivity contribution is 6.03. The van der Waals surface area contributed by atoms with E-state index in [4.69, 9.17) is 9.47 Å². The number of para-hydroxylation sites is 2. The van der Waals surface area contributed by atoms with Crippen molar-refractivity contribution in [3.8, 4) is 28.5 Å². The highest BCUT2D eigenvalue weighted by Crippen LogP contribution is 2.34. The molecule has 0 saturated carbocycles. The first-order valence-corrected chi connectivity index (χ1v) is 11.7. The maximum absolute atomic E-state index is 13.1. The summed E-state index contributed by atoms with van der Waals surface area (Å²) < 4.78 is 14.6. The highest BCUT2D eigenvalue weighted by Gasteiger charge is 2.19. The zero-order chi connectivity index (χ0) is 26.8. The predicted molar refractivity (Wildman–Crippen MR) is 139 cm³/mol. The predicted octanol–water partition coefficient (Wildman–Crippen LogP) is 4.88. The van der Waals surface area contributed by atoms with E-state index in [2.05, 4.69) is 20.5 Å². The number of nitrogens with zero attached hydrogens (tertiary/aromatic N) is 6. The molecule has 5 rings (SSSR count). The van der Waals surface area contributed by atoms with Crippen LogP contribution in [0.25, 0.3) is 16.9 Å². The normalized spacial score (nSPS) is 10.9. The Morgan fingerprint density at radius 3 is 2.63 bits per heavy atom. The van der Waals surface area contributed by atoms with E-state index in [1.807, 2.05) is 18.5 Å². The number of aryl methyl sites for hydroxylation is 1. The van der Waals surface area contributed by atoms with Gasteiger partial charge in [-0.1, -0.05) is 12.1 Å². The Hall–Kier alpha value is -5.26. The summed E-state index contributed by atoms with van der Waals surface area (Å²) in [6.07, 6.45) is 3.39. The summed E-state index contributed by atoms with van der Waals surface area (Å²) in [6, 6.07) is 14.2. The first kappa shape index (κ1) is 24.4. The number of ether oxygens (including phenoxy) is 2. The molecule has 1 amide bonds. The van der Waals surface area contributed by atoms with Crippen molar-refractivity contribution < 1.29 is 19.2 Å². The number of carbonyl (C=O) groups excluding carboxylic acids is 1. The largest absolute Gasteiger partial charge is 0.493 e. The van der Waals surface area contributed by atoms with Crippen LogP contribution in [-0.4, -0.2) is 42.3 Å². The first-order valence-electron chi connectivity index (χ1n) is 11.7. The van der Waals surface area contributed by atoms with Gasteiger partial charge >= 0.3 is 0 Å². The van der Waals surface area contributed by atoms with Gasteiger partial charge in [-0.3, -0.25) is 19.6 Å². The zero-order valence-corrected chi connectivity index (χ0v) is 20.8. The molecule has 5 aromatic rings. The van der Waals surface area contributed by atoms with Gasteiger partial charge in [0, 0.05) is 42.2 Å². The Labute approximate surface area is 216 Å². The van der Waals surface area contributed by atoms with Crippen LogP contribution in [0.15, 0.2) is 67.0 Å². The SMILES string of the molecule is CCn1ncc(-c2ccnc3cc(C(=O)Nc4cc(Oc5ccccc5OC)cc([N+](=O)[O-])c4)nn23)c1C. The van der Waals surface area contributed by atoms with E-state index in [9.17, 15) is 14.9 Å². The molecule has 12 heteroatoms. The van der Waals surface area contributed by atoms with Gasteiger partial charge in [-0.25, -0.2) is 9.50 Å². The molecule has 2 aromatic carbocycles. The molecule has 0 fully saturated rings. The van der Waals surface area contributed by atoms with Crippen molar-refractivity contribution in [3.63, 3.8) is 0 Å². The van der Waals surface area contributed by atoms with Crippen molar-refractivity contribution >= 4 is 22.9 Å². The third kappa shape index (κ3) is 4.62. The molecule has 0 saturated heterocycles. The number of hydrogen-bond acceptors (Lipinski definition) is 8. The molecule has 1 N–H and O–H groups in total. The van der Waals surface area contributed by atoms with E-state index >= 15 is 0 Å². The number of nitro benzene ring substituents is 1. The number of benzene rings is 2. The number of nitro groups is 1. The lowest BCUT2D eigenvalue weighted by atomic mass is 10.2. The van der Waals surface area contributed by atoms with Gasteiger partial charge < -0.3 is 14.8 Å². The number of amides is 1. The van der Waals surface area contributed by atoms with Crippen LogP contribution in [0.3, 0.4) is 0 Å². The fraction of sp³-hybridized carbons (Fsp3) is 0.154. The molecule has 0 atom stereocenters. The monoisotopic (exact) mass is 513 g/mol. The Kier molecular flexibility index (Phi) is 6.44. The van der Waals surface area contributed by atoms with E-state index < -0.39 is 10.8 Å². The maximum atomic E-state index is 13.1. The number of rotatable bonds is 8. The number of non-ortho nitro benzene ring substituents is 1. The minimum absolute atomic E-state index is 0.0872. The topological polar surface area (TPSA) is 139 Å². The van der Waals surface area contributed by atoms with Gasteiger partial charge in [0.05, 0.1) is 35.7 Å². The van der Waals surface area contributed by atoms with Crippen LogP contribution in [-0.2, 0) is 6.54 Å². The summed E-state index contributed by atoms with van der Waals surface area (Å²) in [5, 5.41) is 23.1. The number of methoxy groups -OCH3 is 1. The number of carbonyl (C=O) groups is 1. The number of hydrogen-bond donors (Lipinski definition) is 1. The smallest absolute Gasteiger partial charge is 0.276 e. The fourth-order valence-corrected chi connectivity index (χ4v) is 4.07. The summed E-state index contributed by atoms with van der Waals surface area (Å²) in [4.78, 5) is 28.5. The van der Waals surface area contributed by atoms with Crippen LogP contribution >= 0.6 is 0 Å². The summed E-state index contributed by atoms with van der Waals surface area (Å²) in [5.41, 5.74) is 3.02. The molecular formula is C26H23N7O5. The van der Waals surface area contributed by atoms with Crippen molar-refractivity contribution in [1.82, 2.24) is 24.4 Å². The first-order chi connectivity index (χ1) is 18.4. The molecule has 0 bridgehead atoms. The summed E-state index contributed by atoms with van der Waals surface area (Å²) in [6.45, 7) is 4.68. The summed E-state index contributed by atoms with van der Waals surface area (Å²) in [5.74, 6) is 0.415. The second kappa shape index (κ2) is 10.0. The fourth-order valence-electron chi connectivity index (χ4n) is 4.07. The molecule has 3 aromatic heterocycles. The van der Waals surface area contributed by atoms with E-state index in [1.165, 1.54) is 25.3 Å². The number of nitrogens with one attached hydrogen (secondary N) is 1. The van der Waals surface area contributed by atoms with Gasteiger partial charge in [0.2, 0.25) is 0 Å². The van der Waals surface area contributed by atoms with Crippen LogP contribution in [0.2, 0.25) is 0 Å². The Morgan fingerprint density at radius 2 is 1.92 bits per heavy atom. The highest BCUT2D eigenvalue weighted by atomic mass is 16.6. The Morgan fingerprint density at radius 1 is 1.13 bits per heavy atom. The molecule has 192 valence electrons. The third-order valence-electron chi connectivity index (χ3n) is 5.93. The molecule has 0 spiro atoms. The molecule has 0 aliphatic rings. The van der Waals surface area contributed by atoms with Gasteiger partial charge in [-0.05, 0) is 32.0 Å². The van der Waals surface area contributed by atoms with Crippen molar-refractivity contribution in [3.05, 3.63) is 88.5 Å². The molecule has 0 aliphatic carbocycles. The average Bonchev–Trinajstić information content (AvgIpc) is 3.52. The van der Waals surface area contributed by atoms with Crippen LogP contribution in [0.4, 0.5) is 11.4 Å². The van der Waals surface area contributed by atoms with Gasteiger partial charge in [0.25, 0.3) is 11.6 Å². The number of fused-ring (bicyclic) bond motifs is 1.